The molecule has 1 unspecified atom stereocenters. The zero-order valence-electron chi connectivity index (χ0n) is 14.8. The summed E-state index contributed by atoms with van der Waals surface area (Å²) in [5.41, 5.74) is 0.718. The van der Waals surface area contributed by atoms with E-state index in [1.807, 2.05) is 0 Å². The second kappa shape index (κ2) is 8.04. The number of carbonyl (C=O) groups excluding carboxylic acids is 2. The van der Waals surface area contributed by atoms with Crippen LogP contribution in [0, 0.1) is 11.8 Å². The molecule has 1 fully saturated rings. The quantitative estimate of drug-likeness (QED) is 0.830. The first-order chi connectivity index (χ1) is 11.5. The van der Waals surface area contributed by atoms with Crippen molar-refractivity contribution in [3.63, 3.8) is 0 Å². The van der Waals surface area contributed by atoms with E-state index >= 15 is 0 Å². The maximum absolute atomic E-state index is 12.3. The lowest BCUT2D eigenvalue weighted by molar-refractivity contribution is -0.126. The first-order valence-corrected chi connectivity index (χ1v) is 8.26. The molecule has 1 heterocycles. The summed E-state index contributed by atoms with van der Waals surface area (Å²) in [5.74, 6) is 1.30. The Kier molecular flexibility index (Phi) is 6.06. The fraction of sp³-hybridized carbons (Fsp3) is 0.556. The topological polar surface area (TPSA) is 67.9 Å². The van der Waals surface area contributed by atoms with Crippen LogP contribution in [-0.4, -0.2) is 39.1 Å². The molecule has 24 heavy (non-hydrogen) atoms. The van der Waals surface area contributed by atoms with Crippen molar-refractivity contribution in [2.75, 3.05) is 32.2 Å². The smallest absolute Gasteiger partial charge is 0.227 e. The first-order valence-electron chi connectivity index (χ1n) is 8.26. The van der Waals surface area contributed by atoms with E-state index in [9.17, 15) is 9.59 Å². The molecule has 1 atom stereocenters. The van der Waals surface area contributed by atoms with Gasteiger partial charge < -0.3 is 19.7 Å². The monoisotopic (exact) mass is 334 g/mol. The van der Waals surface area contributed by atoms with Crippen LogP contribution in [0.3, 0.4) is 0 Å². The highest BCUT2D eigenvalue weighted by Crippen LogP contribution is 2.34. The van der Waals surface area contributed by atoms with Gasteiger partial charge in [-0.2, -0.15) is 0 Å². The summed E-state index contributed by atoms with van der Waals surface area (Å²) in [4.78, 5) is 26.2. The van der Waals surface area contributed by atoms with Crippen molar-refractivity contribution >= 4 is 17.5 Å². The molecule has 132 valence electrons. The number of anilines is 1. The van der Waals surface area contributed by atoms with Crippen molar-refractivity contribution in [2.45, 2.75) is 26.7 Å². The second-order valence-corrected chi connectivity index (χ2v) is 6.42. The van der Waals surface area contributed by atoms with Crippen LogP contribution < -0.4 is 19.7 Å². The molecule has 0 bridgehead atoms. The van der Waals surface area contributed by atoms with Crippen molar-refractivity contribution in [1.29, 1.82) is 0 Å². The van der Waals surface area contributed by atoms with Gasteiger partial charge in [0.1, 0.15) is 0 Å². The van der Waals surface area contributed by atoms with Crippen LogP contribution in [0.4, 0.5) is 5.69 Å². The zero-order valence-corrected chi connectivity index (χ0v) is 14.8. The van der Waals surface area contributed by atoms with E-state index in [-0.39, 0.29) is 24.2 Å². The minimum atomic E-state index is -0.308. The molecule has 1 aliphatic heterocycles. The molecular formula is C18H26N2O4. The Hall–Kier alpha value is -2.24. The fourth-order valence-corrected chi connectivity index (χ4v) is 2.75. The molecule has 0 radical (unpaired) electrons. The van der Waals surface area contributed by atoms with Crippen LogP contribution in [-0.2, 0) is 9.59 Å². The number of hydrogen-bond donors (Lipinski definition) is 1. The van der Waals surface area contributed by atoms with Gasteiger partial charge in [-0.25, -0.2) is 0 Å². The highest BCUT2D eigenvalue weighted by molar-refractivity contribution is 6.00. The van der Waals surface area contributed by atoms with Crippen molar-refractivity contribution in [3.05, 3.63) is 18.2 Å². The van der Waals surface area contributed by atoms with Gasteiger partial charge >= 0.3 is 0 Å². The number of methoxy groups -OCH3 is 2. The van der Waals surface area contributed by atoms with Crippen molar-refractivity contribution < 1.29 is 19.1 Å². The third-order valence-electron chi connectivity index (χ3n) is 4.20. The molecule has 1 N–H and O–H groups in total. The van der Waals surface area contributed by atoms with Gasteiger partial charge in [0, 0.05) is 31.3 Å². The number of nitrogens with zero attached hydrogens (tertiary/aromatic N) is 1. The Morgan fingerprint density at radius 2 is 2.00 bits per heavy atom. The third kappa shape index (κ3) is 4.19. The van der Waals surface area contributed by atoms with Gasteiger partial charge in [0.05, 0.1) is 20.1 Å². The maximum atomic E-state index is 12.3. The van der Waals surface area contributed by atoms with Crippen LogP contribution in [0.15, 0.2) is 18.2 Å². The largest absolute Gasteiger partial charge is 0.493 e. The molecule has 1 aliphatic rings. The average molecular weight is 334 g/mol. The average Bonchev–Trinajstić information content (AvgIpc) is 2.95. The predicted molar refractivity (Wildman–Crippen MR) is 92.5 cm³/mol. The highest BCUT2D eigenvalue weighted by Gasteiger charge is 2.35. The van der Waals surface area contributed by atoms with Gasteiger partial charge in [0.15, 0.2) is 11.5 Å². The van der Waals surface area contributed by atoms with Crippen LogP contribution >= 0.6 is 0 Å². The molecule has 1 aromatic rings. The molecule has 1 aromatic carbocycles. The Bertz CT molecular complexity index is 601. The first kappa shape index (κ1) is 18.1. The number of amides is 2. The molecule has 6 nitrogen and oxygen atoms in total. The van der Waals surface area contributed by atoms with Gasteiger partial charge in [-0.05, 0) is 24.5 Å². The van der Waals surface area contributed by atoms with Gasteiger partial charge in [0.25, 0.3) is 0 Å². The van der Waals surface area contributed by atoms with Gasteiger partial charge in [-0.3, -0.25) is 9.59 Å². The SMILES string of the molecule is COc1ccc(N2CC(C(=O)NCCC(C)C)CC2=O)cc1OC. The summed E-state index contributed by atoms with van der Waals surface area (Å²) in [5, 5.41) is 2.93. The molecule has 0 aliphatic carbocycles. The molecule has 6 heteroatoms. The van der Waals surface area contributed by atoms with E-state index in [0.29, 0.717) is 30.5 Å². The lowest BCUT2D eigenvalue weighted by Gasteiger charge is -2.18. The fourth-order valence-electron chi connectivity index (χ4n) is 2.75. The number of hydrogen-bond acceptors (Lipinski definition) is 4. The number of rotatable bonds is 7. The highest BCUT2D eigenvalue weighted by atomic mass is 16.5. The molecule has 2 rings (SSSR count). The number of carbonyl (C=O) groups is 2. The Morgan fingerprint density at radius 1 is 1.29 bits per heavy atom. The van der Waals surface area contributed by atoms with E-state index in [1.54, 1.807) is 37.3 Å². The summed E-state index contributed by atoms with van der Waals surface area (Å²) in [6.45, 7) is 5.27. The Morgan fingerprint density at radius 3 is 2.62 bits per heavy atom. The molecule has 0 spiro atoms. The van der Waals surface area contributed by atoms with Crippen LogP contribution in [0.5, 0.6) is 11.5 Å². The Balaban J connectivity index is 2.03. The summed E-state index contributed by atoms with van der Waals surface area (Å²) >= 11 is 0. The number of nitrogens with one attached hydrogen (secondary N) is 1. The van der Waals surface area contributed by atoms with Gasteiger partial charge in [-0.1, -0.05) is 13.8 Å². The van der Waals surface area contributed by atoms with Crippen molar-refractivity contribution in [1.82, 2.24) is 5.32 Å². The van der Waals surface area contributed by atoms with E-state index in [0.717, 1.165) is 12.1 Å². The van der Waals surface area contributed by atoms with E-state index in [2.05, 4.69) is 19.2 Å². The predicted octanol–water partition coefficient (Wildman–Crippen LogP) is 2.22. The molecule has 0 saturated carbocycles. The van der Waals surface area contributed by atoms with E-state index in [1.165, 1.54) is 0 Å². The third-order valence-corrected chi connectivity index (χ3v) is 4.20. The van der Waals surface area contributed by atoms with Gasteiger partial charge in [-0.15, -0.1) is 0 Å². The second-order valence-electron chi connectivity index (χ2n) is 6.42. The van der Waals surface area contributed by atoms with E-state index < -0.39 is 0 Å². The lowest BCUT2D eigenvalue weighted by atomic mass is 10.1. The lowest BCUT2D eigenvalue weighted by Crippen LogP contribution is -2.33. The van der Waals surface area contributed by atoms with E-state index in [4.69, 9.17) is 9.47 Å². The van der Waals surface area contributed by atoms with Crippen molar-refractivity contribution in [3.8, 4) is 11.5 Å². The van der Waals surface area contributed by atoms with Crippen LogP contribution in [0.1, 0.15) is 26.7 Å². The Labute approximate surface area is 143 Å². The summed E-state index contributed by atoms with van der Waals surface area (Å²) in [6, 6.07) is 5.32. The number of benzene rings is 1. The van der Waals surface area contributed by atoms with Crippen LogP contribution in [0.25, 0.3) is 0 Å². The molecular weight excluding hydrogens is 308 g/mol. The summed E-state index contributed by atoms with van der Waals surface area (Å²) in [7, 11) is 3.12. The minimum absolute atomic E-state index is 0.0491. The maximum Gasteiger partial charge on any atom is 0.227 e. The van der Waals surface area contributed by atoms with Crippen LogP contribution in [0.2, 0.25) is 0 Å². The number of ether oxygens (including phenoxy) is 2. The molecule has 2 amide bonds. The normalized spacial score (nSPS) is 17.3. The molecule has 1 saturated heterocycles. The standard InChI is InChI=1S/C18H26N2O4/c1-12(2)7-8-19-18(22)13-9-17(21)20(11-13)14-5-6-15(23-3)16(10-14)24-4/h5-6,10,12-13H,7-9,11H2,1-4H3,(H,19,22). The van der Waals surface area contributed by atoms with Gasteiger partial charge in [0.2, 0.25) is 11.8 Å². The summed E-state index contributed by atoms with van der Waals surface area (Å²) in [6.07, 6.45) is 1.17. The zero-order chi connectivity index (χ0) is 17.7. The minimum Gasteiger partial charge on any atom is -0.493 e. The molecule has 0 aromatic heterocycles. The van der Waals surface area contributed by atoms with Crippen molar-refractivity contribution in [2.24, 2.45) is 11.8 Å². The summed E-state index contributed by atoms with van der Waals surface area (Å²) < 4.78 is 10.5.